The third-order valence-corrected chi connectivity index (χ3v) is 1.53. The molecule has 2 heterocycles. The molecule has 0 amide bonds. The Morgan fingerprint density at radius 2 is 2.50 bits per heavy atom. The average molecular weight is 126 g/mol. The van der Waals surface area contributed by atoms with Crippen LogP contribution in [0.25, 0.3) is 10.7 Å². The molecule has 0 saturated carbocycles. The fourth-order valence-corrected chi connectivity index (χ4v) is 0.931. The Hall–Kier alpha value is -0.970. The van der Waals surface area contributed by atoms with Crippen LogP contribution >= 0.6 is 11.5 Å². The minimum atomic E-state index is 0.883. The Kier molecular flexibility index (Phi) is 0.621. The molecular weight excluding hydrogens is 124 g/mol. The third-order valence-electron chi connectivity index (χ3n) is 0.850. The highest BCUT2D eigenvalue weighted by Gasteiger charge is 2.07. The molecule has 0 aromatic heterocycles. The van der Waals surface area contributed by atoms with Crippen molar-refractivity contribution in [1.29, 1.82) is 0 Å². The zero-order valence-corrected chi connectivity index (χ0v) is 4.64. The monoisotopic (exact) mass is 126 g/mol. The molecule has 0 atom stereocenters. The van der Waals surface area contributed by atoms with Crippen LogP contribution in [0.3, 0.4) is 0 Å². The Morgan fingerprint density at radius 1 is 1.50 bits per heavy atom. The predicted molar refractivity (Wildman–Crippen MR) is 28.7 cm³/mol. The summed E-state index contributed by atoms with van der Waals surface area (Å²) in [5.74, 6) is 0. The number of aromatic nitrogens is 4. The molecule has 0 aliphatic carbocycles. The highest BCUT2D eigenvalue weighted by molar-refractivity contribution is 7.08. The van der Waals surface area contributed by atoms with Crippen molar-refractivity contribution in [2.45, 2.75) is 0 Å². The van der Waals surface area contributed by atoms with E-state index in [1.54, 1.807) is 6.20 Å². The molecule has 0 saturated heterocycles. The Balaban J connectivity index is 2.78. The van der Waals surface area contributed by atoms with Gasteiger partial charge in [-0.05, 0) is 11.5 Å². The highest BCUT2D eigenvalue weighted by atomic mass is 32.1. The maximum atomic E-state index is 3.74. The molecule has 2 rings (SSSR count). The van der Waals surface area contributed by atoms with E-state index in [4.69, 9.17) is 0 Å². The van der Waals surface area contributed by atoms with Gasteiger partial charge in [0.25, 0.3) is 0 Å². The normalized spacial score (nSPS) is 10.5. The van der Waals surface area contributed by atoms with Crippen LogP contribution in [0.5, 0.6) is 0 Å². The summed E-state index contributed by atoms with van der Waals surface area (Å²) in [4.78, 5) is 0. The first-order valence-electron chi connectivity index (χ1n) is 2.08. The lowest BCUT2D eigenvalue weighted by molar-refractivity contribution is 0.959. The Morgan fingerprint density at radius 3 is 2.88 bits per heavy atom. The quantitative estimate of drug-likeness (QED) is 0.554. The zero-order valence-electron chi connectivity index (χ0n) is 3.83. The van der Waals surface area contributed by atoms with E-state index >= 15 is 0 Å². The van der Waals surface area contributed by atoms with Gasteiger partial charge in [0.15, 0.2) is 5.01 Å². The second kappa shape index (κ2) is 1.25. The van der Waals surface area contributed by atoms with Crippen LogP contribution in [-0.4, -0.2) is 19.8 Å². The minimum Gasteiger partial charge on any atom is -0.230 e. The second-order valence-electron chi connectivity index (χ2n) is 1.34. The number of rotatable bonds is 0. The molecule has 0 unspecified atom stereocenters. The maximum absolute atomic E-state index is 3.74. The SMILES string of the molecule is c1n[nH]sc2nnc1-2. The van der Waals surface area contributed by atoms with Gasteiger partial charge in [0.2, 0.25) is 0 Å². The molecule has 2 aliphatic rings. The lowest BCUT2D eigenvalue weighted by Gasteiger charge is -1.98. The van der Waals surface area contributed by atoms with Crippen LogP contribution in [0, 0.1) is 0 Å². The Labute approximate surface area is 49.1 Å². The van der Waals surface area contributed by atoms with E-state index in [9.17, 15) is 0 Å². The molecule has 0 aromatic rings. The molecule has 1 N–H and O–H groups in total. The molecular formula is C3H2N4S. The summed E-state index contributed by atoms with van der Waals surface area (Å²) in [7, 11) is 0. The van der Waals surface area contributed by atoms with E-state index in [0.717, 1.165) is 10.7 Å². The lowest BCUT2D eigenvalue weighted by atomic mass is 10.5. The van der Waals surface area contributed by atoms with Crippen LogP contribution in [0.2, 0.25) is 0 Å². The summed E-state index contributed by atoms with van der Waals surface area (Å²) >= 11 is 1.38. The molecule has 0 spiro atoms. The molecule has 0 aromatic carbocycles. The van der Waals surface area contributed by atoms with Crippen LogP contribution in [0.4, 0.5) is 0 Å². The van der Waals surface area contributed by atoms with Crippen molar-refractivity contribution in [3.63, 3.8) is 0 Å². The maximum Gasteiger partial charge on any atom is 0.185 e. The first kappa shape index (κ1) is 3.96. The van der Waals surface area contributed by atoms with Gasteiger partial charge in [-0.3, -0.25) is 0 Å². The number of fused-ring (bicyclic) bond motifs is 1. The molecule has 2 aliphatic heterocycles. The topological polar surface area (TPSA) is 54.5 Å². The summed E-state index contributed by atoms with van der Waals surface area (Å²) < 4.78 is 2.69. The second-order valence-corrected chi connectivity index (χ2v) is 2.12. The van der Waals surface area contributed by atoms with E-state index in [-0.39, 0.29) is 0 Å². The smallest absolute Gasteiger partial charge is 0.185 e. The largest absolute Gasteiger partial charge is 0.230 e. The van der Waals surface area contributed by atoms with E-state index in [0.29, 0.717) is 0 Å². The molecule has 40 valence electrons. The fourth-order valence-electron chi connectivity index (χ4n) is 0.459. The zero-order chi connectivity index (χ0) is 5.40. The molecule has 8 heavy (non-hydrogen) atoms. The van der Waals surface area contributed by atoms with Gasteiger partial charge in [0.1, 0.15) is 5.69 Å². The van der Waals surface area contributed by atoms with Crippen molar-refractivity contribution >= 4 is 11.5 Å². The molecule has 4 nitrogen and oxygen atoms in total. The number of nitrogens with zero attached hydrogens (tertiary/aromatic N) is 3. The summed E-state index contributed by atoms with van der Waals surface area (Å²) in [5.41, 5.74) is 0.883. The van der Waals surface area contributed by atoms with Gasteiger partial charge >= 0.3 is 0 Å². The highest BCUT2D eigenvalue weighted by Crippen LogP contribution is 2.17. The number of hydrogen-bond donors (Lipinski definition) is 1. The molecule has 5 heteroatoms. The summed E-state index contributed by atoms with van der Waals surface area (Å²) in [5, 5.41) is 12.1. The van der Waals surface area contributed by atoms with Crippen molar-refractivity contribution < 1.29 is 0 Å². The van der Waals surface area contributed by atoms with Gasteiger partial charge in [-0.15, -0.1) is 10.2 Å². The van der Waals surface area contributed by atoms with Crippen molar-refractivity contribution in [2.75, 3.05) is 0 Å². The van der Waals surface area contributed by atoms with Gasteiger partial charge in [-0.2, -0.15) is 5.10 Å². The predicted octanol–water partition coefficient (Wildman–Crippen LogP) is 0.366. The van der Waals surface area contributed by atoms with E-state index < -0.39 is 0 Å². The molecule has 0 bridgehead atoms. The first-order chi connectivity index (χ1) is 3.97. The number of H-pyrrole nitrogens is 1. The summed E-state index contributed by atoms with van der Waals surface area (Å²) in [6.45, 7) is 0. The van der Waals surface area contributed by atoms with Gasteiger partial charge in [0, 0.05) is 0 Å². The van der Waals surface area contributed by atoms with E-state index in [1.807, 2.05) is 0 Å². The number of aromatic amines is 1. The van der Waals surface area contributed by atoms with Gasteiger partial charge in [-0.25, -0.2) is 4.49 Å². The standard InChI is InChI=1S/C3H2N4S/c1-2-3(6-5-2)8-7-4-1/h1,7H. The van der Waals surface area contributed by atoms with Crippen LogP contribution in [0.1, 0.15) is 0 Å². The fraction of sp³-hybridized carbons (Fsp3) is 0. The summed E-state index contributed by atoms with van der Waals surface area (Å²) in [6.07, 6.45) is 1.65. The lowest BCUT2D eigenvalue weighted by Crippen LogP contribution is -1.97. The number of nitrogens with one attached hydrogen (secondary N) is 1. The van der Waals surface area contributed by atoms with Crippen LogP contribution in [-0.2, 0) is 0 Å². The van der Waals surface area contributed by atoms with Crippen molar-refractivity contribution in [3.8, 4) is 10.7 Å². The number of hydrogen-bond acceptors (Lipinski definition) is 4. The van der Waals surface area contributed by atoms with Gasteiger partial charge in [0.05, 0.1) is 6.20 Å². The first-order valence-corrected chi connectivity index (χ1v) is 2.89. The van der Waals surface area contributed by atoms with Crippen LogP contribution in [0.15, 0.2) is 6.20 Å². The minimum absolute atomic E-state index is 0.883. The van der Waals surface area contributed by atoms with Crippen molar-refractivity contribution in [2.24, 2.45) is 0 Å². The third kappa shape index (κ3) is 0.362. The molecule has 0 fully saturated rings. The molecule has 0 radical (unpaired) electrons. The van der Waals surface area contributed by atoms with Crippen molar-refractivity contribution in [3.05, 3.63) is 6.20 Å². The van der Waals surface area contributed by atoms with E-state index in [1.165, 1.54) is 11.5 Å². The van der Waals surface area contributed by atoms with Crippen molar-refractivity contribution in [1.82, 2.24) is 19.8 Å². The van der Waals surface area contributed by atoms with Gasteiger partial charge < -0.3 is 0 Å². The van der Waals surface area contributed by atoms with Gasteiger partial charge in [-0.1, -0.05) is 0 Å². The van der Waals surface area contributed by atoms with Crippen LogP contribution < -0.4 is 0 Å². The Bertz CT molecular complexity index is 221. The van der Waals surface area contributed by atoms with E-state index in [2.05, 4.69) is 19.8 Å². The average Bonchev–Trinajstić information content (AvgIpc) is 1.72. The summed E-state index contributed by atoms with van der Waals surface area (Å²) in [6, 6.07) is 0.